The van der Waals surface area contributed by atoms with Crippen molar-refractivity contribution in [2.24, 2.45) is 5.73 Å². The van der Waals surface area contributed by atoms with Crippen LogP contribution in [-0.2, 0) is 0 Å². The SMILES string of the molecule is CCCOc1ccc(C(N)c2cc(F)cc(F)c2)cc1Br. The van der Waals surface area contributed by atoms with E-state index in [1.807, 2.05) is 6.92 Å². The first-order valence-electron chi connectivity index (χ1n) is 6.65. The molecule has 0 spiro atoms. The minimum absolute atomic E-state index is 0.390. The summed E-state index contributed by atoms with van der Waals surface area (Å²) in [5.74, 6) is -0.553. The van der Waals surface area contributed by atoms with Crippen molar-refractivity contribution in [3.05, 3.63) is 63.6 Å². The van der Waals surface area contributed by atoms with Gasteiger partial charge in [-0.3, -0.25) is 0 Å². The molecule has 2 aromatic carbocycles. The van der Waals surface area contributed by atoms with Crippen LogP contribution in [-0.4, -0.2) is 6.61 Å². The number of halogens is 3. The predicted octanol–water partition coefficient (Wildman–Crippen LogP) is 4.56. The molecule has 0 aromatic heterocycles. The topological polar surface area (TPSA) is 35.2 Å². The summed E-state index contributed by atoms with van der Waals surface area (Å²) < 4.78 is 32.8. The van der Waals surface area contributed by atoms with Crippen LogP contribution in [0.5, 0.6) is 5.75 Å². The van der Waals surface area contributed by atoms with E-state index >= 15 is 0 Å². The smallest absolute Gasteiger partial charge is 0.133 e. The van der Waals surface area contributed by atoms with Crippen LogP contribution in [0.3, 0.4) is 0 Å². The van der Waals surface area contributed by atoms with Gasteiger partial charge in [0.05, 0.1) is 17.1 Å². The van der Waals surface area contributed by atoms with Crippen molar-refractivity contribution in [2.45, 2.75) is 19.4 Å². The van der Waals surface area contributed by atoms with Crippen molar-refractivity contribution in [2.75, 3.05) is 6.61 Å². The van der Waals surface area contributed by atoms with E-state index in [4.69, 9.17) is 10.5 Å². The van der Waals surface area contributed by atoms with E-state index in [-0.39, 0.29) is 0 Å². The molecule has 0 fully saturated rings. The first kappa shape index (κ1) is 15.9. The molecule has 2 aromatic rings. The minimum atomic E-state index is -0.637. The highest BCUT2D eigenvalue weighted by Gasteiger charge is 2.13. The maximum Gasteiger partial charge on any atom is 0.133 e. The molecule has 1 unspecified atom stereocenters. The van der Waals surface area contributed by atoms with E-state index in [1.165, 1.54) is 12.1 Å². The van der Waals surface area contributed by atoms with Crippen molar-refractivity contribution < 1.29 is 13.5 Å². The van der Waals surface area contributed by atoms with Crippen molar-refractivity contribution in [3.63, 3.8) is 0 Å². The third-order valence-electron chi connectivity index (χ3n) is 3.02. The predicted molar refractivity (Wildman–Crippen MR) is 82.3 cm³/mol. The van der Waals surface area contributed by atoms with Gasteiger partial charge in [-0.2, -0.15) is 0 Å². The lowest BCUT2D eigenvalue weighted by Gasteiger charge is -2.15. The lowest BCUT2D eigenvalue weighted by molar-refractivity contribution is 0.315. The quantitative estimate of drug-likeness (QED) is 0.852. The molecule has 0 saturated heterocycles. The number of benzene rings is 2. The second-order valence-corrected chi connectivity index (χ2v) is 5.57. The average Bonchev–Trinajstić information content (AvgIpc) is 2.44. The summed E-state index contributed by atoms with van der Waals surface area (Å²) in [6.07, 6.45) is 0.913. The normalized spacial score (nSPS) is 12.2. The molecule has 0 heterocycles. The fraction of sp³-hybridized carbons (Fsp3) is 0.250. The van der Waals surface area contributed by atoms with Gasteiger partial charge in [0.2, 0.25) is 0 Å². The first-order chi connectivity index (χ1) is 10.0. The van der Waals surface area contributed by atoms with Crippen LogP contribution in [0, 0.1) is 11.6 Å². The number of hydrogen-bond donors (Lipinski definition) is 1. The lowest BCUT2D eigenvalue weighted by Crippen LogP contribution is -2.12. The molecule has 0 aliphatic rings. The summed E-state index contributed by atoms with van der Waals surface area (Å²) in [6.45, 7) is 2.65. The van der Waals surface area contributed by atoms with E-state index in [1.54, 1.807) is 18.2 Å². The molecule has 0 saturated carbocycles. The van der Waals surface area contributed by atoms with Gasteiger partial charge in [0.25, 0.3) is 0 Å². The molecule has 2 nitrogen and oxygen atoms in total. The molecule has 0 radical (unpaired) electrons. The molecule has 0 aliphatic carbocycles. The van der Waals surface area contributed by atoms with Crippen molar-refractivity contribution in [1.82, 2.24) is 0 Å². The van der Waals surface area contributed by atoms with E-state index in [9.17, 15) is 8.78 Å². The van der Waals surface area contributed by atoms with Crippen molar-refractivity contribution in [1.29, 1.82) is 0 Å². The standard InChI is InChI=1S/C16H16BrF2NO/c1-2-5-21-15-4-3-10(8-14(15)17)16(20)11-6-12(18)9-13(19)7-11/h3-4,6-9,16H,2,5,20H2,1H3. The summed E-state index contributed by atoms with van der Waals surface area (Å²) in [5.41, 5.74) is 7.21. The van der Waals surface area contributed by atoms with Gasteiger partial charge in [-0.1, -0.05) is 13.0 Å². The molecular weight excluding hydrogens is 340 g/mol. The monoisotopic (exact) mass is 355 g/mol. The van der Waals surface area contributed by atoms with Crippen LogP contribution in [0.15, 0.2) is 40.9 Å². The Morgan fingerprint density at radius 2 is 1.76 bits per heavy atom. The van der Waals surface area contributed by atoms with Gasteiger partial charge in [0, 0.05) is 6.07 Å². The molecule has 2 rings (SSSR count). The zero-order chi connectivity index (χ0) is 15.4. The number of hydrogen-bond acceptors (Lipinski definition) is 2. The summed E-state index contributed by atoms with van der Waals surface area (Å²) in [6, 6.07) is 8.10. The molecule has 21 heavy (non-hydrogen) atoms. The van der Waals surface area contributed by atoms with Gasteiger partial charge in [0.1, 0.15) is 17.4 Å². The Kier molecular flexibility index (Phi) is 5.31. The van der Waals surface area contributed by atoms with E-state index in [2.05, 4.69) is 15.9 Å². The van der Waals surface area contributed by atoms with Crippen LogP contribution in [0.2, 0.25) is 0 Å². The average molecular weight is 356 g/mol. The van der Waals surface area contributed by atoms with Gasteiger partial charge < -0.3 is 10.5 Å². The van der Waals surface area contributed by atoms with Crippen molar-refractivity contribution in [3.8, 4) is 5.75 Å². The third-order valence-corrected chi connectivity index (χ3v) is 3.64. The van der Waals surface area contributed by atoms with Crippen LogP contribution in [0.25, 0.3) is 0 Å². The van der Waals surface area contributed by atoms with Gasteiger partial charge >= 0.3 is 0 Å². The summed E-state index contributed by atoms with van der Waals surface area (Å²) in [7, 11) is 0. The maximum absolute atomic E-state index is 13.3. The Bertz CT molecular complexity index is 613. The maximum atomic E-state index is 13.3. The second-order valence-electron chi connectivity index (χ2n) is 4.72. The Hall–Kier alpha value is -1.46. The zero-order valence-corrected chi connectivity index (χ0v) is 13.2. The molecule has 0 amide bonds. The van der Waals surface area contributed by atoms with Crippen LogP contribution in [0.4, 0.5) is 8.78 Å². The number of nitrogens with two attached hydrogens (primary N) is 1. The van der Waals surface area contributed by atoms with Gasteiger partial charge in [-0.15, -0.1) is 0 Å². The zero-order valence-electron chi connectivity index (χ0n) is 11.6. The van der Waals surface area contributed by atoms with E-state index in [0.29, 0.717) is 12.2 Å². The Balaban J connectivity index is 2.26. The van der Waals surface area contributed by atoms with Gasteiger partial charge in [0.15, 0.2) is 0 Å². The minimum Gasteiger partial charge on any atom is -0.492 e. The highest BCUT2D eigenvalue weighted by Crippen LogP contribution is 2.30. The van der Waals surface area contributed by atoms with Crippen LogP contribution < -0.4 is 10.5 Å². The molecular formula is C16H16BrF2NO. The highest BCUT2D eigenvalue weighted by atomic mass is 79.9. The van der Waals surface area contributed by atoms with Gasteiger partial charge in [-0.05, 0) is 57.7 Å². The van der Waals surface area contributed by atoms with E-state index < -0.39 is 17.7 Å². The Morgan fingerprint density at radius 3 is 2.33 bits per heavy atom. The molecule has 0 bridgehead atoms. The molecule has 1 atom stereocenters. The number of ether oxygens (including phenoxy) is 1. The second kappa shape index (κ2) is 7.00. The largest absolute Gasteiger partial charge is 0.492 e. The summed E-state index contributed by atoms with van der Waals surface area (Å²) in [5, 5.41) is 0. The Labute approximate surface area is 131 Å². The number of rotatable bonds is 5. The lowest BCUT2D eigenvalue weighted by atomic mass is 9.99. The van der Waals surface area contributed by atoms with Crippen LogP contribution in [0.1, 0.15) is 30.5 Å². The van der Waals surface area contributed by atoms with E-state index in [0.717, 1.165) is 28.3 Å². The summed E-state index contributed by atoms with van der Waals surface area (Å²) in [4.78, 5) is 0. The van der Waals surface area contributed by atoms with Crippen LogP contribution >= 0.6 is 15.9 Å². The fourth-order valence-electron chi connectivity index (χ4n) is 1.99. The molecule has 5 heteroatoms. The van der Waals surface area contributed by atoms with Crippen molar-refractivity contribution >= 4 is 15.9 Å². The molecule has 112 valence electrons. The molecule has 2 N–H and O–H groups in total. The fourth-order valence-corrected chi connectivity index (χ4v) is 2.50. The molecule has 0 aliphatic heterocycles. The van der Waals surface area contributed by atoms with Gasteiger partial charge in [-0.25, -0.2) is 8.78 Å². The first-order valence-corrected chi connectivity index (χ1v) is 7.44. The highest BCUT2D eigenvalue weighted by molar-refractivity contribution is 9.10. The Morgan fingerprint density at radius 1 is 1.10 bits per heavy atom. The third kappa shape index (κ3) is 4.02. The summed E-state index contributed by atoms with van der Waals surface area (Å²) >= 11 is 3.42.